The molecule has 1 fully saturated rings. The molecule has 2 nitrogen and oxygen atoms in total. The summed E-state index contributed by atoms with van der Waals surface area (Å²) in [6.45, 7) is 2.86. The Hall–Kier alpha value is -1.59. The second-order valence-electron chi connectivity index (χ2n) is 5.50. The molecular weight excluding hydrogens is 286 g/mol. The molecule has 0 amide bonds. The second kappa shape index (κ2) is 6.03. The van der Waals surface area contributed by atoms with Crippen LogP contribution in [0.25, 0.3) is 0 Å². The van der Waals surface area contributed by atoms with Crippen LogP contribution in [0.2, 0.25) is 0 Å². The van der Waals surface area contributed by atoms with Gasteiger partial charge >= 0.3 is 6.18 Å². The Morgan fingerprint density at radius 2 is 2.10 bits per heavy atom. The second-order valence-corrected chi connectivity index (χ2v) is 5.50. The Kier molecular flexibility index (Phi) is 4.54. The molecule has 0 aliphatic carbocycles. The number of ketones is 1. The van der Waals surface area contributed by atoms with Crippen LogP contribution in [-0.2, 0) is 11.0 Å². The molecule has 1 aromatic rings. The van der Waals surface area contributed by atoms with E-state index in [-0.39, 0.29) is 5.78 Å². The van der Waals surface area contributed by atoms with E-state index in [1.807, 2.05) is 4.90 Å². The van der Waals surface area contributed by atoms with Crippen molar-refractivity contribution in [2.45, 2.75) is 32.4 Å². The minimum absolute atomic E-state index is 0.133. The van der Waals surface area contributed by atoms with Gasteiger partial charge in [-0.15, -0.1) is 0 Å². The average molecular weight is 303 g/mol. The number of hydrogen-bond donors (Lipinski definition) is 0. The monoisotopic (exact) mass is 303 g/mol. The van der Waals surface area contributed by atoms with Crippen molar-refractivity contribution in [3.05, 3.63) is 29.6 Å². The number of halogens is 4. The van der Waals surface area contributed by atoms with Gasteiger partial charge in [0, 0.05) is 25.2 Å². The number of hydrogen-bond acceptors (Lipinski definition) is 2. The van der Waals surface area contributed by atoms with Gasteiger partial charge in [0.25, 0.3) is 0 Å². The highest BCUT2D eigenvalue weighted by Crippen LogP contribution is 2.34. The minimum Gasteiger partial charge on any atom is -0.371 e. The lowest BCUT2D eigenvalue weighted by Crippen LogP contribution is -2.20. The summed E-state index contributed by atoms with van der Waals surface area (Å²) >= 11 is 0. The van der Waals surface area contributed by atoms with Gasteiger partial charge in [-0.05, 0) is 43.9 Å². The highest BCUT2D eigenvalue weighted by Gasteiger charge is 2.34. The van der Waals surface area contributed by atoms with Gasteiger partial charge in [0.05, 0.1) is 5.56 Å². The maximum atomic E-state index is 13.6. The molecule has 6 heteroatoms. The zero-order valence-corrected chi connectivity index (χ0v) is 11.7. The third kappa shape index (κ3) is 3.95. The van der Waals surface area contributed by atoms with Crippen molar-refractivity contribution in [1.82, 2.24) is 0 Å². The fourth-order valence-corrected chi connectivity index (χ4v) is 2.64. The van der Waals surface area contributed by atoms with E-state index in [1.165, 1.54) is 13.0 Å². The van der Waals surface area contributed by atoms with E-state index in [2.05, 4.69) is 0 Å². The van der Waals surface area contributed by atoms with Gasteiger partial charge in [0.2, 0.25) is 0 Å². The SMILES string of the molecule is CC(=O)CCC1CCN(c2ccc(C(F)(F)F)c(F)c2)C1. The van der Waals surface area contributed by atoms with E-state index < -0.39 is 17.6 Å². The summed E-state index contributed by atoms with van der Waals surface area (Å²) in [5, 5.41) is 0. The number of carbonyl (C=O) groups excluding carboxylic acids is 1. The molecule has 0 N–H and O–H groups in total. The van der Waals surface area contributed by atoms with E-state index in [9.17, 15) is 22.4 Å². The van der Waals surface area contributed by atoms with Crippen LogP contribution in [-0.4, -0.2) is 18.9 Å². The molecule has 1 heterocycles. The first kappa shape index (κ1) is 15.8. The predicted octanol–water partition coefficient (Wildman–Crippen LogP) is 4.04. The van der Waals surface area contributed by atoms with Crippen molar-refractivity contribution in [2.24, 2.45) is 5.92 Å². The van der Waals surface area contributed by atoms with Crippen molar-refractivity contribution in [3.8, 4) is 0 Å². The molecule has 1 atom stereocenters. The molecule has 0 radical (unpaired) electrons. The molecule has 21 heavy (non-hydrogen) atoms. The van der Waals surface area contributed by atoms with Crippen molar-refractivity contribution in [2.75, 3.05) is 18.0 Å². The maximum absolute atomic E-state index is 13.6. The minimum atomic E-state index is -4.67. The van der Waals surface area contributed by atoms with Gasteiger partial charge in [-0.3, -0.25) is 0 Å². The van der Waals surface area contributed by atoms with Crippen LogP contribution in [0.3, 0.4) is 0 Å². The highest BCUT2D eigenvalue weighted by atomic mass is 19.4. The Balaban J connectivity index is 2.04. The number of nitrogens with zero attached hydrogens (tertiary/aromatic N) is 1. The first-order valence-corrected chi connectivity index (χ1v) is 6.88. The summed E-state index contributed by atoms with van der Waals surface area (Å²) in [6, 6.07) is 3.03. The molecular formula is C15H17F4NO. The maximum Gasteiger partial charge on any atom is 0.419 e. The number of Topliss-reactive ketones (excluding diaryl/α,β-unsaturated/α-hetero) is 1. The summed E-state index contributed by atoms with van der Waals surface area (Å²) in [5.41, 5.74) is -0.774. The predicted molar refractivity (Wildman–Crippen MR) is 71.6 cm³/mol. The zero-order chi connectivity index (χ0) is 15.6. The van der Waals surface area contributed by atoms with E-state index in [0.717, 1.165) is 25.0 Å². The van der Waals surface area contributed by atoms with Gasteiger partial charge in [-0.25, -0.2) is 4.39 Å². The molecule has 116 valence electrons. The summed E-state index contributed by atoms with van der Waals surface area (Å²) in [5.74, 6) is -0.777. The van der Waals surface area contributed by atoms with Crippen LogP contribution >= 0.6 is 0 Å². The Morgan fingerprint density at radius 3 is 2.67 bits per heavy atom. The van der Waals surface area contributed by atoms with Crippen LogP contribution in [0.1, 0.15) is 31.7 Å². The smallest absolute Gasteiger partial charge is 0.371 e. The highest BCUT2D eigenvalue weighted by molar-refractivity contribution is 5.75. The lowest BCUT2D eigenvalue weighted by molar-refractivity contribution is -0.140. The van der Waals surface area contributed by atoms with Crippen LogP contribution in [0, 0.1) is 11.7 Å². The first-order chi connectivity index (χ1) is 9.77. The average Bonchev–Trinajstić information content (AvgIpc) is 2.83. The van der Waals surface area contributed by atoms with Gasteiger partial charge in [-0.2, -0.15) is 13.2 Å². The third-order valence-electron chi connectivity index (χ3n) is 3.81. The van der Waals surface area contributed by atoms with Gasteiger partial charge in [0.15, 0.2) is 0 Å². The number of anilines is 1. The van der Waals surface area contributed by atoms with Crippen LogP contribution in [0.15, 0.2) is 18.2 Å². The molecule has 1 saturated heterocycles. The number of benzene rings is 1. The lowest BCUT2D eigenvalue weighted by Gasteiger charge is -2.20. The van der Waals surface area contributed by atoms with Gasteiger partial charge in [-0.1, -0.05) is 0 Å². The third-order valence-corrected chi connectivity index (χ3v) is 3.81. The summed E-state index contributed by atoms with van der Waals surface area (Å²) in [6.07, 6.45) is -2.51. The first-order valence-electron chi connectivity index (χ1n) is 6.88. The van der Waals surface area contributed by atoms with Crippen LogP contribution < -0.4 is 4.90 Å². The molecule has 1 unspecified atom stereocenters. The van der Waals surface area contributed by atoms with E-state index in [0.29, 0.717) is 31.1 Å². The molecule has 2 rings (SSSR count). The summed E-state index contributed by atoms with van der Waals surface area (Å²) in [4.78, 5) is 12.8. The Bertz CT molecular complexity index is 527. The molecule has 0 bridgehead atoms. The zero-order valence-electron chi connectivity index (χ0n) is 11.7. The standard InChI is InChI=1S/C15H17F4NO/c1-10(21)2-3-11-6-7-20(9-11)12-4-5-13(14(16)8-12)15(17,18)19/h4-5,8,11H,2-3,6-7,9H2,1H3. The topological polar surface area (TPSA) is 20.3 Å². The van der Waals surface area contributed by atoms with Gasteiger partial charge < -0.3 is 9.69 Å². The molecule has 1 aliphatic rings. The molecule has 0 aromatic heterocycles. The number of alkyl halides is 3. The van der Waals surface area contributed by atoms with E-state index >= 15 is 0 Å². The van der Waals surface area contributed by atoms with Crippen LogP contribution in [0.4, 0.5) is 23.2 Å². The molecule has 1 aliphatic heterocycles. The quantitative estimate of drug-likeness (QED) is 0.782. The Labute approximate surface area is 120 Å². The van der Waals surface area contributed by atoms with E-state index in [1.54, 1.807) is 0 Å². The van der Waals surface area contributed by atoms with Gasteiger partial charge in [0.1, 0.15) is 11.6 Å². The number of rotatable bonds is 4. The summed E-state index contributed by atoms with van der Waals surface area (Å²) in [7, 11) is 0. The largest absolute Gasteiger partial charge is 0.419 e. The fourth-order valence-electron chi connectivity index (χ4n) is 2.64. The fraction of sp³-hybridized carbons (Fsp3) is 0.533. The molecule has 0 spiro atoms. The Morgan fingerprint density at radius 1 is 1.38 bits per heavy atom. The van der Waals surface area contributed by atoms with E-state index in [4.69, 9.17) is 0 Å². The van der Waals surface area contributed by atoms with Crippen molar-refractivity contribution >= 4 is 11.5 Å². The lowest BCUT2D eigenvalue weighted by atomic mass is 10.0. The van der Waals surface area contributed by atoms with Crippen molar-refractivity contribution < 1.29 is 22.4 Å². The van der Waals surface area contributed by atoms with Crippen LogP contribution in [0.5, 0.6) is 0 Å². The summed E-state index contributed by atoms with van der Waals surface area (Å²) < 4.78 is 51.1. The van der Waals surface area contributed by atoms with Crippen molar-refractivity contribution in [3.63, 3.8) is 0 Å². The number of carbonyl (C=O) groups is 1. The van der Waals surface area contributed by atoms with Crippen molar-refractivity contribution in [1.29, 1.82) is 0 Å². The normalized spacial score (nSPS) is 19.1. The molecule has 0 saturated carbocycles. The molecule has 1 aromatic carbocycles.